The maximum atomic E-state index is 12.6. The second-order valence-corrected chi connectivity index (χ2v) is 11.4. The molecule has 0 radical (unpaired) electrons. The zero-order valence-electron chi connectivity index (χ0n) is 19.4. The van der Waals surface area contributed by atoms with E-state index in [-0.39, 0.29) is 33.1 Å². The Morgan fingerprint density at radius 3 is 2.15 bits per heavy atom. The van der Waals surface area contributed by atoms with Crippen molar-refractivity contribution in [3.8, 4) is 5.75 Å². The molecule has 0 unspecified atom stereocenters. The first kappa shape index (κ1) is 24.9. The molecule has 0 aliphatic carbocycles. The number of aromatic carboxylic acids is 1. The smallest absolute Gasteiger partial charge is 0.337 e. The van der Waals surface area contributed by atoms with E-state index in [0.717, 1.165) is 16.7 Å². The topological polar surface area (TPSA) is 99.0 Å². The number of halogens is 1. The lowest BCUT2D eigenvalue weighted by molar-refractivity contribution is -0.115. The van der Waals surface area contributed by atoms with Crippen molar-refractivity contribution in [2.45, 2.75) is 52.4 Å². The molecule has 33 heavy (non-hydrogen) atoms. The van der Waals surface area contributed by atoms with E-state index in [1.54, 1.807) is 12.1 Å². The Morgan fingerprint density at radius 2 is 1.64 bits per heavy atom. The molecule has 1 heterocycles. The van der Waals surface area contributed by atoms with Crippen LogP contribution in [0.5, 0.6) is 5.75 Å². The minimum absolute atomic E-state index is 0.0582. The summed E-state index contributed by atoms with van der Waals surface area (Å²) in [6, 6.07) is 8.21. The number of thioether (sulfide) groups is 1. The number of aromatic hydroxyl groups is 1. The Bertz CT molecular complexity index is 1170. The van der Waals surface area contributed by atoms with Gasteiger partial charge in [-0.05, 0) is 64.6 Å². The molecule has 0 spiro atoms. The Kier molecular flexibility index (Phi) is 6.69. The lowest BCUT2D eigenvalue weighted by Gasteiger charge is -2.28. The van der Waals surface area contributed by atoms with E-state index >= 15 is 0 Å². The molecule has 6 nitrogen and oxygen atoms in total. The fraction of sp³-hybridized carbons (Fsp3) is 0.320. The van der Waals surface area contributed by atoms with Crippen LogP contribution in [0.2, 0.25) is 5.02 Å². The minimum atomic E-state index is -1.15. The van der Waals surface area contributed by atoms with Crippen molar-refractivity contribution < 1.29 is 19.8 Å². The summed E-state index contributed by atoms with van der Waals surface area (Å²) in [6.07, 6.45) is 1.77. The molecule has 1 amide bonds. The number of carboxylic acid groups (broad SMARTS) is 1. The molecule has 2 aromatic rings. The molecule has 1 aliphatic rings. The van der Waals surface area contributed by atoms with Crippen LogP contribution < -0.4 is 5.32 Å². The van der Waals surface area contributed by atoms with Gasteiger partial charge in [-0.25, -0.2) is 9.79 Å². The van der Waals surface area contributed by atoms with E-state index in [0.29, 0.717) is 15.8 Å². The van der Waals surface area contributed by atoms with E-state index in [4.69, 9.17) is 11.6 Å². The second kappa shape index (κ2) is 8.88. The highest BCUT2D eigenvalue weighted by Gasteiger charge is 2.28. The number of phenols is 1. The van der Waals surface area contributed by atoms with Gasteiger partial charge in [-0.15, -0.1) is 0 Å². The summed E-state index contributed by atoms with van der Waals surface area (Å²) in [7, 11) is 0. The number of carbonyl (C=O) groups is 2. The lowest BCUT2D eigenvalue weighted by Crippen LogP contribution is -2.19. The van der Waals surface area contributed by atoms with Gasteiger partial charge in [0.05, 0.1) is 21.2 Å². The largest absolute Gasteiger partial charge is 0.507 e. The van der Waals surface area contributed by atoms with Gasteiger partial charge in [-0.2, -0.15) is 0 Å². The zero-order valence-corrected chi connectivity index (χ0v) is 21.0. The number of carboxylic acids is 1. The Labute approximate surface area is 202 Å². The fourth-order valence-electron chi connectivity index (χ4n) is 3.38. The van der Waals surface area contributed by atoms with Gasteiger partial charge in [0.15, 0.2) is 5.17 Å². The van der Waals surface area contributed by atoms with Crippen LogP contribution in [0.3, 0.4) is 0 Å². The van der Waals surface area contributed by atoms with Crippen LogP contribution in [0, 0.1) is 0 Å². The summed E-state index contributed by atoms with van der Waals surface area (Å²) in [4.78, 5) is 28.7. The first-order valence-electron chi connectivity index (χ1n) is 10.4. The van der Waals surface area contributed by atoms with Gasteiger partial charge in [-0.1, -0.05) is 53.1 Å². The number of nitrogens with one attached hydrogen (secondary N) is 1. The van der Waals surface area contributed by atoms with Crippen molar-refractivity contribution in [2.75, 3.05) is 0 Å². The number of amides is 1. The summed E-state index contributed by atoms with van der Waals surface area (Å²) < 4.78 is 0. The molecule has 1 aliphatic heterocycles. The monoisotopic (exact) mass is 486 g/mol. The maximum absolute atomic E-state index is 12.6. The van der Waals surface area contributed by atoms with Crippen LogP contribution in [0.15, 0.2) is 40.2 Å². The molecule has 3 rings (SSSR count). The Morgan fingerprint density at radius 1 is 1.06 bits per heavy atom. The van der Waals surface area contributed by atoms with E-state index in [1.165, 1.54) is 23.9 Å². The number of rotatable bonds is 3. The summed E-state index contributed by atoms with van der Waals surface area (Å²) in [5, 5.41) is 23.3. The third-order valence-electron chi connectivity index (χ3n) is 5.11. The van der Waals surface area contributed by atoms with Gasteiger partial charge in [0.1, 0.15) is 5.75 Å². The Hall–Kier alpha value is -2.77. The minimum Gasteiger partial charge on any atom is -0.507 e. The molecular formula is C25H27ClN2O4S. The molecule has 174 valence electrons. The van der Waals surface area contributed by atoms with Crippen LogP contribution in [-0.2, 0) is 15.6 Å². The molecular weight excluding hydrogens is 460 g/mol. The van der Waals surface area contributed by atoms with Crippen molar-refractivity contribution in [1.82, 2.24) is 5.32 Å². The number of hydrogen-bond donors (Lipinski definition) is 3. The van der Waals surface area contributed by atoms with Gasteiger partial charge < -0.3 is 15.5 Å². The summed E-state index contributed by atoms with van der Waals surface area (Å²) in [5.74, 6) is -1.17. The highest BCUT2D eigenvalue weighted by molar-refractivity contribution is 8.18. The normalized spacial score (nSPS) is 17.0. The van der Waals surface area contributed by atoms with Crippen molar-refractivity contribution >= 4 is 52.2 Å². The van der Waals surface area contributed by atoms with E-state index < -0.39 is 5.97 Å². The molecule has 0 bridgehead atoms. The van der Waals surface area contributed by atoms with E-state index in [1.807, 2.05) is 53.7 Å². The van der Waals surface area contributed by atoms with Crippen molar-refractivity contribution in [3.63, 3.8) is 0 Å². The molecule has 1 fully saturated rings. The van der Waals surface area contributed by atoms with Crippen LogP contribution >= 0.6 is 23.4 Å². The van der Waals surface area contributed by atoms with Crippen LogP contribution in [0.1, 0.15) is 68.6 Å². The molecule has 0 saturated carbocycles. The van der Waals surface area contributed by atoms with Crippen LogP contribution in [-0.4, -0.2) is 27.3 Å². The number of aliphatic imine (C=N–C) groups is 1. The quantitative estimate of drug-likeness (QED) is 0.446. The highest BCUT2D eigenvalue weighted by Crippen LogP contribution is 2.41. The van der Waals surface area contributed by atoms with Gasteiger partial charge in [0.2, 0.25) is 0 Å². The third kappa shape index (κ3) is 5.60. The number of phenolic OH excluding ortho intramolecular Hbond substituents is 1. The zero-order chi connectivity index (χ0) is 24.7. The van der Waals surface area contributed by atoms with Crippen molar-refractivity contribution in [1.29, 1.82) is 0 Å². The van der Waals surface area contributed by atoms with Crippen molar-refractivity contribution in [2.24, 2.45) is 4.99 Å². The number of nitrogens with zero attached hydrogens (tertiary/aromatic N) is 1. The van der Waals surface area contributed by atoms with Crippen molar-refractivity contribution in [3.05, 3.63) is 62.5 Å². The van der Waals surface area contributed by atoms with Gasteiger partial charge in [-0.3, -0.25) is 4.79 Å². The van der Waals surface area contributed by atoms with Gasteiger partial charge in [0.25, 0.3) is 5.91 Å². The number of carbonyl (C=O) groups excluding carboxylic acids is 1. The molecule has 2 aromatic carbocycles. The number of hydrogen-bond acceptors (Lipinski definition) is 5. The average molecular weight is 487 g/mol. The summed E-state index contributed by atoms with van der Waals surface area (Å²) in [6.45, 7) is 12.2. The first-order chi connectivity index (χ1) is 15.2. The standard InChI is InChI=1S/C25H27ClN2O4S/c1-24(2,3)16-9-13(10-17(20(16)29)25(4,5)6)11-19-21(30)28-23(33-19)27-14-7-8-18(26)15(12-14)22(31)32/h7-12,29H,1-6H3,(H,31,32)(H,27,28,30)/b19-11-. The first-order valence-corrected chi connectivity index (χ1v) is 11.6. The molecule has 0 atom stereocenters. The molecule has 1 saturated heterocycles. The number of amidine groups is 1. The van der Waals surface area contributed by atoms with Crippen LogP contribution in [0.25, 0.3) is 6.08 Å². The predicted octanol–water partition coefficient (Wildman–Crippen LogP) is 6.23. The molecule has 0 aromatic heterocycles. The molecule has 8 heteroatoms. The summed E-state index contributed by atoms with van der Waals surface area (Å²) >= 11 is 7.08. The lowest BCUT2D eigenvalue weighted by atomic mass is 9.78. The number of benzene rings is 2. The van der Waals surface area contributed by atoms with Gasteiger partial charge >= 0.3 is 5.97 Å². The summed E-state index contributed by atoms with van der Waals surface area (Å²) in [5.41, 5.74) is 2.16. The Balaban J connectivity index is 2.00. The van der Waals surface area contributed by atoms with E-state index in [2.05, 4.69) is 10.3 Å². The van der Waals surface area contributed by atoms with Crippen LogP contribution in [0.4, 0.5) is 5.69 Å². The highest BCUT2D eigenvalue weighted by atomic mass is 35.5. The fourth-order valence-corrected chi connectivity index (χ4v) is 4.42. The van der Waals surface area contributed by atoms with E-state index in [9.17, 15) is 19.8 Å². The average Bonchev–Trinajstić information content (AvgIpc) is 3.01. The molecule has 3 N–H and O–H groups in total. The predicted molar refractivity (Wildman–Crippen MR) is 135 cm³/mol. The van der Waals surface area contributed by atoms with Gasteiger partial charge in [0, 0.05) is 11.1 Å². The maximum Gasteiger partial charge on any atom is 0.337 e. The SMILES string of the molecule is CC(C)(C)c1cc(/C=C2\SC(=Nc3ccc(Cl)c(C(=O)O)c3)NC2=O)cc(C(C)(C)C)c1O. The second-order valence-electron chi connectivity index (χ2n) is 9.92. The third-order valence-corrected chi connectivity index (χ3v) is 6.35.